The normalized spacial score (nSPS) is 11.5. The molecule has 5 nitrogen and oxygen atoms in total. The molecule has 0 aliphatic rings. The minimum absolute atomic E-state index is 0.167. The Balaban J connectivity index is 1.86. The largest absolute Gasteiger partial charge is 0.484 e. The van der Waals surface area contributed by atoms with E-state index in [1.54, 1.807) is 29.2 Å². The summed E-state index contributed by atoms with van der Waals surface area (Å²) in [6.45, 7) is 2.74. The predicted octanol–water partition coefficient (Wildman–Crippen LogP) is 6.04. The van der Waals surface area contributed by atoms with Crippen LogP contribution in [0.1, 0.15) is 30.9 Å². The van der Waals surface area contributed by atoms with Gasteiger partial charge in [0.2, 0.25) is 5.91 Å². The maximum Gasteiger partial charge on any atom is 0.261 e. The molecule has 0 aliphatic heterocycles. The van der Waals surface area contributed by atoms with Gasteiger partial charge in [-0.2, -0.15) is 0 Å². The third kappa shape index (κ3) is 8.71. The first-order chi connectivity index (χ1) is 17.0. The average molecular weight is 558 g/mol. The van der Waals surface area contributed by atoms with Crippen molar-refractivity contribution in [1.82, 2.24) is 10.2 Å². The number of amides is 2. The molecule has 0 unspecified atom stereocenters. The smallest absolute Gasteiger partial charge is 0.261 e. The molecule has 3 aromatic rings. The van der Waals surface area contributed by atoms with Crippen LogP contribution in [0.3, 0.4) is 0 Å². The van der Waals surface area contributed by atoms with Crippen molar-refractivity contribution >= 4 is 39.3 Å². The van der Waals surface area contributed by atoms with Crippen LogP contribution < -0.4 is 10.1 Å². The topological polar surface area (TPSA) is 58.6 Å². The van der Waals surface area contributed by atoms with Gasteiger partial charge in [-0.25, -0.2) is 0 Å². The van der Waals surface area contributed by atoms with Gasteiger partial charge < -0.3 is 15.0 Å². The highest BCUT2D eigenvalue weighted by molar-refractivity contribution is 9.10. The van der Waals surface area contributed by atoms with Gasteiger partial charge in [0.15, 0.2) is 6.61 Å². The van der Waals surface area contributed by atoms with E-state index in [4.69, 9.17) is 16.3 Å². The molecule has 7 heteroatoms. The Bertz CT molecular complexity index is 1080. The van der Waals surface area contributed by atoms with Gasteiger partial charge in [-0.1, -0.05) is 83.3 Å². The van der Waals surface area contributed by atoms with E-state index in [0.717, 1.165) is 28.4 Å². The van der Waals surface area contributed by atoms with Crippen LogP contribution in [0.15, 0.2) is 83.3 Å². The summed E-state index contributed by atoms with van der Waals surface area (Å²) in [6.07, 6.45) is 2.26. The number of nitrogens with one attached hydrogen (secondary N) is 1. The molecule has 0 aliphatic carbocycles. The second-order valence-corrected chi connectivity index (χ2v) is 9.59. The number of benzene rings is 3. The second kappa shape index (κ2) is 13.9. The molecule has 0 saturated carbocycles. The van der Waals surface area contributed by atoms with E-state index in [1.165, 1.54) is 0 Å². The number of nitrogens with zero attached hydrogens (tertiary/aromatic N) is 1. The van der Waals surface area contributed by atoms with Crippen molar-refractivity contribution in [2.75, 3.05) is 13.2 Å². The Hall–Kier alpha value is -2.83. The van der Waals surface area contributed by atoms with Crippen molar-refractivity contribution in [1.29, 1.82) is 0 Å². The Morgan fingerprint density at radius 1 is 0.971 bits per heavy atom. The molecule has 0 radical (unpaired) electrons. The summed E-state index contributed by atoms with van der Waals surface area (Å²) in [6, 6.07) is 23.7. The van der Waals surface area contributed by atoms with E-state index in [9.17, 15) is 9.59 Å². The van der Waals surface area contributed by atoms with Crippen LogP contribution in [-0.4, -0.2) is 35.9 Å². The Morgan fingerprint density at radius 3 is 2.31 bits per heavy atom. The predicted molar refractivity (Wildman–Crippen MR) is 143 cm³/mol. The fraction of sp³-hybridized carbons (Fsp3) is 0.286. The van der Waals surface area contributed by atoms with Crippen LogP contribution in [0.5, 0.6) is 5.75 Å². The van der Waals surface area contributed by atoms with E-state index < -0.39 is 6.04 Å². The van der Waals surface area contributed by atoms with Gasteiger partial charge in [-0.15, -0.1) is 0 Å². The second-order valence-electron chi connectivity index (χ2n) is 8.24. The highest BCUT2D eigenvalue weighted by atomic mass is 79.9. The molecule has 184 valence electrons. The van der Waals surface area contributed by atoms with Gasteiger partial charge in [-0.3, -0.25) is 9.59 Å². The first kappa shape index (κ1) is 26.8. The standard InChI is InChI=1S/C28H30BrClN2O3/c1-2-3-17-31-28(34)26(18-21-7-5-4-6-8-21)32(19-22-9-11-23(29)12-10-22)27(33)20-35-25-15-13-24(30)14-16-25/h4-16,26H,2-3,17-20H2,1H3,(H,31,34)/t26-/m0/s1. The molecule has 0 bridgehead atoms. The molecule has 0 fully saturated rings. The third-order valence-electron chi connectivity index (χ3n) is 5.54. The zero-order valence-electron chi connectivity index (χ0n) is 19.8. The number of carbonyl (C=O) groups excluding carboxylic acids is 2. The van der Waals surface area contributed by atoms with Crippen molar-refractivity contribution in [2.24, 2.45) is 0 Å². The average Bonchev–Trinajstić information content (AvgIpc) is 2.87. The zero-order valence-corrected chi connectivity index (χ0v) is 22.1. The van der Waals surface area contributed by atoms with Crippen LogP contribution in [0.4, 0.5) is 0 Å². The van der Waals surface area contributed by atoms with E-state index in [1.807, 2.05) is 54.6 Å². The van der Waals surface area contributed by atoms with E-state index in [0.29, 0.717) is 23.7 Å². The molecular weight excluding hydrogens is 528 g/mol. The van der Waals surface area contributed by atoms with Gasteiger partial charge >= 0.3 is 0 Å². The number of halogens is 2. The Labute approximate surface area is 220 Å². The fourth-order valence-corrected chi connectivity index (χ4v) is 4.00. The van der Waals surface area contributed by atoms with Crippen LogP contribution in [0.2, 0.25) is 5.02 Å². The molecule has 1 N–H and O–H groups in total. The molecule has 0 aromatic heterocycles. The first-order valence-electron chi connectivity index (χ1n) is 11.7. The summed E-state index contributed by atoms with van der Waals surface area (Å²) in [5.41, 5.74) is 1.91. The van der Waals surface area contributed by atoms with Crippen molar-refractivity contribution < 1.29 is 14.3 Å². The Morgan fingerprint density at radius 2 is 1.66 bits per heavy atom. The van der Waals surface area contributed by atoms with E-state index in [-0.39, 0.29) is 25.0 Å². The van der Waals surface area contributed by atoms with Crippen LogP contribution in [-0.2, 0) is 22.6 Å². The maximum atomic E-state index is 13.5. The summed E-state index contributed by atoms with van der Waals surface area (Å²) in [4.78, 5) is 28.5. The molecule has 0 heterocycles. The lowest BCUT2D eigenvalue weighted by atomic mass is 10.0. The number of hydrogen-bond acceptors (Lipinski definition) is 3. The summed E-state index contributed by atoms with van der Waals surface area (Å²) < 4.78 is 6.70. The van der Waals surface area contributed by atoms with Crippen LogP contribution in [0, 0.1) is 0 Å². The lowest BCUT2D eigenvalue weighted by Crippen LogP contribution is -2.51. The molecular formula is C28H30BrClN2O3. The summed E-state index contributed by atoms with van der Waals surface area (Å²) >= 11 is 9.41. The maximum absolute atomic E-state index is 13.5. The quantitative estimate of drug-likeness (QED) is 0.276. The zero-order chi connectivity index (χ0) is 25.0. The highest BCUT2D eigenvalue weighted by Gasteiger charge is 2.30. The van der Waals surface area contributed by atoms with Crippen LogP contribution in [0.25, 0.3) is 0 Å². The van der Waals surface area contributed by atoms with Crippen molar-refractivity contribution in [3.05, 3.63) is 99.5 Å². The third-order valence-corrected chi connectivity index (χ3v) is 6.32. The summed E-state index contributed by atoms with van der Waals surface area (Å²) in [5.74, 6) is 0.104. The monoisotopic (exact) mass is 556 g/mol. The van der Waals surface area contributed by atoms with Gasteiger partial charge in [-0.05, 0) is 53.9 Å². The highest BCUT2D eigenvalue weighted by Crippen LogP contribution is 2.19. The lowest BCUT2D eigenvalue weighted by molar-refractivity contribution is -0.142. The molecule has 35 heavy (non-hydrogen) atoms. The van der Waals surface area contributed by atoms with Crippen molar-refractivity contribution in [2.45, 2.75) is 38.8 Å². The van der Waals surface area contributed by atoms with Gasteiger partial charge in [0.25, 0.3) is 5.91 Å². The lowest BCUT2D eigenvalue weighted by Gasteiger charge is -2.31. The van der Waals surface area contributed by atoms with Crippen LogP contribution >= 0.6 is 27.5 Å². The van der Waals surface area contributed by atoms with Crippen molar-refractivity contribution in [3.8, 4) is 5.75 Å². The summed E-state index contributed by atoms with van der Waals surface area (Å²) in [5, 5.41) is 3.61. The first-order valence-corrected chi connectivity index (χ1v) is 12.9. The molecule has 1 atom stereocenters. The number of ether oxygens (including phenoxy) is 1. The molecule has 0 saturated heterocycles. The van der Waals surface area contributed by atoms with Crippen molar-refractivity contribution in [3.63, 3.8) is 0 Å². The fourth-order valence-electron chi connectivity index (χ4n) is 3.61. The number of hydrogen-bond donors (Lipinski definition) is 1. The number of rotatable bonds is 12. The molecule has 2 amide bonds. The molecule has 3 aromatic carbocycles. The number of carbonyl (C=O) groups is 2. The number of unbranched alkanes of at least 4 members (excludes halogenated alkanes) is 1. The van der Waals surface area contributed by atoms with Gasteiger partial charge in [0.05, 0.1) is 0 Å². The Kier molecular flexibility index (Phi) is 10.6. The van der Waals surface area contributed by atoms with E-state index in [2.05, 4.69) is 28.2 Å². The van der Waals surface area contributed by atoms with Gasteiger partial charge in [0, 0.05) is 29.0 Å². The van der Waals surface area contributed by atoms with Gasteiger partial charge in [0.1, 0.15) is 11.8 Å². The minimum Gasteiger partial charge on any atom is -0.484 e. The molecule has 3 rings (SSSR count). The summed E-state index contributed by atoms with van der Waals surface area (Å²) in [7, 11) is 0. The minimum atomic E-state index is -0.681. The van der Waals surface area contributed by atoms with E-state index >= 15 is 0 Å². The SMILES string of the molecule is CCCCNC(=O)[C@H](Cc1ccccc1)N(Cc1ccc(Br)cc1)C(=O)COc1ccc(Cl)cc1. The molecule has 0 spiro atoms.